The topological polar surface area (TPSA) is 115 Å². The third-order valence-corrected chi connectivity index (χ3v) is 3.96. The monoisotopic (exact) mass is 363 g/mol. The van der Waals surface area contributed by atoms with E-state index in [2.05, 4.69) is 5.32 Å². The Morgan fingerprint density at radius 1 is 1.08 bits per heavy atom. The van der Waals surface area contributed by atoms with Gasteiger partial charge >= 0.3 is 0 Å². The van der Waals surface area contributed by atoms with Gasteiger partial charge in [0.2, 0.25) is 0 Å². The first-order valence-corrected chi connectivity index (χ1v) is 7.64. The van der Waals surface area contributed by atoms with Crippen molar-refractivity contribution in [1.82, 2.24) is 5.32 Å². The predicted octanol–water partition coefficient (Wildman–Crippen LogP) is 3.69. The van der Waals surface area contributed by atoms with Gasteiger partial charge in [-0.3, -0.25) is 25.0 Å². The van der Waals surface area contributed by atoms with Crippen LogP contribution in [0, 0.1) is 20.2 Å². The molecule has 9 heteroatoms. The molecule has 0 aliphatic carbocycles. The van der Waals surface area contributed by atoms with Crippen molar-refractivity contribution in [3.8, 4) is 0 Å². The molecule has 0 spiro atoms. The van der Waals surface area contributed by atoms with E-state index in [1.165, 1.54) is 24.3 Å². The lowest BCUT2D eigenvalue weighted by Gasteiger charge is -2.13. The third kappa shape index (κ3) is 4.51. The van der Waals surface area contributed by atoms with Crippen molar-refractivity contribution in [2.24, 2.45) is 0 Å². The molecule has 1 unspecified atom stereocenters. The van der Waals surface area contributed by atoms with Crippen LogP contribution in [-0.2, 0) is 0 Å². The second kappa shape index (κ2) is 7.71. The van der Waals surface area contributed by atoms with Gasteiger partial charge in [-0.25, -0.2) is 0 Å². The highest BCUT2D eigenvalue weighted by Gasteiger charge is 2.16. The summed E-state index contributed by atoms with van der Waals surface area (Å²) in [4.78, 5) is 32.4. The van der Waals surface area contributed by atoms with Crippen LogP contribution in [0.1, 0.15) is 28.8 Å². The number of amides is 1. The summed E-state index contributed by atoms with van der Waals surface area (Å²) in [7, 11) is 0. The Morgan fingerprint density at radius 2 is 1.64 bits per heavy atom. The van der Waals surface area contributed by atoms with Crippen LogP contribution in [0.15, 0.2) is 42.5 Å². The molecule has 1 atom stereocenters. The standard InChI is InChI=1S/C16H14ClN3O5/c1-10(11-2-4-12(5-3-11)19(22)23)9-18-16(21)14-7-6-13(20(24)25)8-15(14)17/h2-8,10H,9H2,1H3,(H,18,21). The summed E-state index contributed by atoms with van der Waals surface area (Å²) in [5.74, 6) is -0.532. The maximum atomic E-state index is 12.2. The van der Waals surface area contributed by atoms with Gasteiger partial charge in [-0.05, 0) is 17.5 Å². The van der Waals surface area contributed by atoms with E-state index in [-0.39, 0.29) is 34.4 Å². The fourth-order valence-corrected chi connectivity index (χ4v) is 2.45. The summed E-state index contributed by atoms with van der Waals surface area (Å²) in [5.41, 5.74) is 0.780. The largest absolute Gasteiger partial charge is 0.351 e. The van der Waals surface area contributed by atoms with Gasteiger partial charge in [0.05, 0.1) is 20.4 Å². The first kappa shape index (κ1) is 18.3. The lowest BCUT2D eigenvalue weighted by atomic mass is 10.0. The smallest absolute Gasteiger partial charge is 0.270 e. The Hall–Kier alpha value is -3.00. The van der Waals surface area contributed by atoms with Crippen LogP contribution in [0.4, 0.5) is 11.4 Å². The summed E-state index contributed by atoms with van der Waals surface area (Å²) in [6, 6.07) is 9.70. The summed E-state index contributed by atoms with van der Waals surface area (Å²) in [5, 5.41) is 24.0. The SMILES string of the molecule is CC(CNC(=O)c1ccc([N+](=O)[O-])cc1Cl)c1ccc([N+](=O)[O-])cc1. The Labute approximate surface area is 147 Å². The van der Waals surface area contributed by atoms with Gasteiger partial charge in [-0.15, -0.1) is 0 Å². The first-order chi connectivity index (χ1) is 11.8. The van der Waals surface area contributed by atoms with Crippen molar-refractivity contribution in [1.29, 1.82) is 0 Å². The molecule has 0 aliphatic heterocycles. The third-order valence-electron chi connectivity index (χ3n) is 3.65. The van der Waals surface area contributed by atoms with Crippen LogP contribution < -0.4 is 5.32 Å². The summed E-state index contributed by atoms with van der Waals surface area (Å²) >= 11 is 5.92. The summed E-state index contributed by atoms with van der Waals surface area (Å²) in [6.45, 7) is 2.14. The molecule has 1 amide bonds. The van der Waals surface area contributed by atoms with E-state index in [1.54, 1.807) is 12.1 Å². The first-order valence-electron chi connectivity index (χ1n) is 7.26. The average Bonchev–Trinajstić information content (AvgIpc) is 2.59. The van der Waals surface area contributed by atoms with Crippen LogP contribution in [0.2, 0.25) is 5.02 Å². The molecule has 130 valence electrons. The van der Waals surface area contributed by atoms with Crippen LogP contribution >= 0.6 is 11.6 Å². The van der Waals surface area contributed by atoms with E-state index in [0.717, 1.165) is 11.6 Å². The van der Waals surface area contributed by atoms with Gasteiger partial charge in [-0.1, -0.05) is 30.7 Å². The number of nitrogens with zero attached hydrogens (tertiary/aromatic N) is 2. The number of nitrogens with one attached hydrogen (secondary N) is 1. The molecule has 2 aromatic rings. The minimum Gasteiger partial charge on any atom is -0.351 e. The van der Waals surface area contributed by atoms with Gasteiger partial charge in [-0.2, -0.15) is 0 Å². The Bertz CT molecular complexity index is 823. The number of nitro benzene ring substituents is 2. The molecule has 0 saturated carbocycles. The molecule has 0 saturated heterocycles. The van der Waals surface area contributed by atoms with Crippen molar-refractivity contribution < 1.29 is 14.6 Å². The number of carbonyl (C=O) groups is 1. The van der Waals surface area contributed by atoms with Crippen molar-refractivity contribution in [2.75, 3.05) is 6.54 Å². The van der Waals surface area contributed by atoms with Gasteiger partial charge in [0.25, 0.3) is 17.3 Å². The van der Waals surface area contributed by atoms with E-state index in [4.69, 9.17) is 11.6 Å². The number of halogens is 1. The zero-order valence-electron chi connectivity index (χ0n) is 13.1. The van der Waals surface area contributed by atoms with Crippen molar-refractivity contribution in [2.45, 2.75) is 12.8 Å². The maximum Gasteiger partial charge on any atom is 0.270 e. The van der Waals surface area contributed by atoms with E-state index < -0.39 is 15.8 Å². The van der Waals surface area contributed by atoms with Gasteiger partial charge in [0, 0.05) is 30.8 Å². The second-order valence-electron chi connectivity index (χ2n) is 5.38. The summed E-state index contributed by atoms with van der Waals surface area (Å²) in [6.07, 6.45) is 0. The van der Waals surface area contributed by atoms with Crippen molar-refractivity contribution in [3.63, 3.8) is 0 Å². The molecule has 0 aromatic heterocycles. The Kier molecular flexibility index (Phi) is 5.66. The van der Waals surface area contributed by atoms with E-state index in [1.807, 2.05) is 6.92 Å². The van der Waals surface area contributed by atoms with Crippen LogP contribution in [0.3, 0.4) is 0 Å². The molecule has 0 radical (unpaired) electrons. The second-order valence-corrected chi connectivity index (χ2v) is 5.79. The number of hydrogen-bond donors (Lipinski definition) is 1. The number of rotatable bonds is 6. The quantitative estimate of drug-likeness (QED) is 0.620. The average molecular weight is 364 g/mol. The highest BCUT2D eigenvalue weighted by atomic mass is 35.5. The number of benzene rings is 2. The normalized spacial score (nSPS) is 11.6. The minimum absolute atomic E-state index is 0.00218. The van der Waals surface area contributed by atoms with E-state index in [0.29, 0.717) is 0 Å². The van der Waals surface area contributed by atoms with E-state index in [9.17, 15) is 25.0 Å². The Morgan fingerprint density at radius 3 is 2.16 bits per heavy atom. The fourth-order valence-electron chi connectivity index (χ4n) is 2.19. The predicted molar refractivity (Wildman–Crippen MR) is 92.0 cm³/mol. The molecular weight excluding hydrogens is 350 g/mol. The Balaban J connectivity index is 2.01. The number of hydrogen-bond acceptors (Lipinski definition) is 5. The number of nitro groups is 2. The minimum atomic E-state index is -0.593. The molecule has 1 N–H and O–H groups in total. The molecule has 0 aliphatic rings. The van der Waals surface area contributed by atoms with Crippen LogP contribution in [-0.4, -0.2) is 22.3 Å². The van der Waals surface area contributed by atoms with Gasteiger partial charge < -0.3 is 5.32 Å². The number of carbonyl (C=O) groups excluding carboxylic acids is 1. The van der Waals surface area contributed by atoms with Crippen molar-refractivity contribution in [3.05, 3.63) is 78.8 Å². The van der Waals surface area contributed by atoms with Gasteiger partial charge in [0.1, 0.15) is 0 Å². The molecule has 2 rings (SSSR count). The highest BCUT2D eigenvalue weighted by Crippen LogP contribution is 2.23. The van der Waals surface area contributed by atoms with Crippen LogP contribution in [0.25, 0.3) is 0 Å². The zero-order chi connectivity index (χ0) is 18.6. The molecular formula is C16H14ClN3O5. The van der Waals surface area contributed by atoms with Crippen LogP contribution in [0.5, 0.6) is 0 Å². The molecule has 2 aromatic carbocycles. The van der Waals surface area contributed by atoms with E-state index >= 15 is 0 Å². The highest BCUT2D eigenvalue weighted by molar-refractivity contribution is 6.34. The molecule has 8 nitrogen and oxygen atoms in total. The molecule has 0 fully saturated rings. The fraction of sp³-hybridized carbons (Fsp3) is 0.188. The lowest BCUT2D eigenvalue weighted by molar-refractivity contribution is -0.385. The molecule has 25 heavy (non-hydrogen) atoms. The molecule has 0 bridgehead atoms. The lowest BCUT2D eigenvalue weighted by Crippen LogP contribution is -2.27. The molecule has 0 heterocycles. The zero-order valence-corrected chi connectivity index (χ0v) is 13.9. The summed E-state index contributed by atoms with van der Waals surface area (Å²) < 4.78 is 0. The maximum absolute atomic E-state index is 12.2. The van der Waals surface area contributed by atoms with Crippen molar-refractivity contribution >= 4 is 28.9 Å². The van der Waals surface area contributed by atoms with Gasteiger partial charge in [0.15, 0.2) is 0 Å². The number of non-ortho nitro benzene ring substituents is 2.